The molecule has 8 heteroatoms. The minimum absolute atomic E-state index is 0.0136. The van der Waals surface area contributed by atoms with Gasteiger partial charge in [-0.15, -0.1) is 0 Å². The molecule has 0 unspecified atom stereocenters. The van der Waals surface area contributed by atoms with Crippen molar-refractivity contribution in [3.8, 4) is 0 Å². The van der Waals surface area contributed by atoms with Crippen molar-refractivity contribution in [2.45, 2.75) is 13.1 Å². The molecule has 1 aromatic heterocycles. The third kappa shape index (κ3) is 3.72. The summed E-state index contributed by atoms with van der Waals surface area (Å²) in [5.41, 5.74) is -0.135. The zero-order valence-corrected chi connectivity index (χ0v) is 11.7. The van der Waals surface area contributed by atoms with E-state index in [1.807, 2.05) is 0 Å². The van der Waals surface area contributed by atoms with E-state index in [4.69, 9.17) is 0 Å². The van der Waals surface area contributed by atoms with Crippen molar-refractivity contribution in [1.29, 1.82) is 0 Å². The Morgan fingerprint density at radius 3 is 2.59 bits per heavy atom. The first-order valence-electron chi connectivity index (χ1n) is 6.18. The molecule has 0 saturated carbocycles. The Hall–Kier alpha value is -2.64. The van der Waals surface area contributed by atoms with Crippen LogP contribution >= 0.6 is 0 Å². The number of aromatic nitrogens is 2. The zero-order chi connectivity index (χ0) is 16.3. The Balaban J connectivity index is 2.31. The van der Waals surface area contributed by atoms with Gasteiger partial charge in [0.05, 0.1) is 12.7 Å². The lowest BCUT2D eigenvalue weighted by Gasteiger charge is -2.10. The van der Waals surface area contributed by atoms with E-state index in [-0.39, 0.29) is 17.3 Å². The van der Waals surface area contributed by atoms with Gasteiger partial charge in [0.15, 0.2) is 5.69 Å². The lowest BCUT2D eigenvalue weighted by molar-refractivity contribution is -0.137. The van der Waals surface area contributed by atoms with Crippen LogP contribution in [0.5, 0.6) is 0 Å². The molecule has 5 nitrogen and oxygen atoms in total. The molecule has 22 heavy (non-hydrogen) atoms. The van der Waals surface area contributed by atoms with Crippen LogP contribution in [0.2, 0.25) is 0 Å². The number of aryl methyl sites for hydroxylation is 1. The van der Waals surface area contributed by atoms with Crippen LogP contribution in [0.15, 0.2) is 30.3 Å². The van der Waals surface area contributed by atoms with Crippen molar-refractivity contribution in [2.24, 2.45) is 0 Å². The summed E-state index contributed by atoms with van der Waals surface area (Å²) in [6, 6.07) is 6.02. The number of ether oxygens (including phenoxy) is 1. The van der Waals surface area contributed by atoms with Gasteiger partial charge in [-0.05, 0) is 31.2 Å². The van der Waals surface area contributed by atoms with E-state index in [2.05, 4.69) is 20.0 Å². The second kappa shape index (κ2) is 6.00. The molecule has 0 amide bonds. The van der Waals surface area contributed by atoms with Crippen molar-refractivity contribution in [2.75, 3.05) is 12.4 Å². The number of anilines is 2. The molecule has 0 aliphatic rings. The lowest BCUT2D eigenvalue weighted by Crippen LogP contribution is -2.09. The topological polar surface area (TPSA) is 64.1 Å². The molecular formula is C14H12F3N3O2. The monoisotopic (exact) mass is 311 g/mol. The summed E-state index contributed by atoms with van der Waals surface area (Å²) >= 11 is 0. The minimum atomic E-state index is -4.44. The number of rotatable bonds is 3. The van der Waals surface area contributed by atoms with Gasteiger partial charge >= 0.3 is 12.1 Å². The van der Waals surface area contributed by atoms with E-state index in [9.17, 15) is 18.0 Å². The van der Waals surface area contributed by atoms with Crippen molar-refractivity contribution < 1.29 is 22.7 Å². The predicted octanol–water partition coefficient (Wildman–Crippen LogP) is 3.33. The normalized spacial score (nSPS) is 11.1. The van der Waals surface area contributed by atoms with Gasteiger partial charge in [0, 0.05) is 11.4 Å². The summed E-state index contributed by atoms with van der Waals surface area (Å²) in [7, 11) is 1.21. The number of methoxy groups -OCH3 is 1. The van der Waals surface area contributed by atoms with E-state index in [0.29, 0.717) is 5.69 Å². The molecule has 1 N–H and O–H groups in total. The number of halogens is 3. The molecule has 1 aromatic carbocycles. The third-order valence-corrected chi connectivity index (χ3v) is 2.69. The van der Waals surface area contributed by atoms with Crippen molar-refractivity contribution in [3.05, 3.63) is 47.3 Å². The Labute approximate surface area is 124 Å². The minimum Gasteiger partial charge on any atom is -0.464 e. The number of hydrogen-bond donors (Lipinski definition) is 1. The van der Waals surface area contributed by atoms with Crippen LogP contribution in [0.3, 0.4) is 0 Å². The standard InChI is InChI=1S/C14H12F3N3O2/c1-8-6-11(12(21)22-2)20-13(18-8)19-10-5-3-4-9(7-10)14(15,16)17/h3-7H,1-2H3,(H,18,19,20). The predicted molar refractivity (Wildman–Crippen MR) is 72.8 cm³/mol. The quantitative estimate of drug-likeness (QED) is 0.881. The highest BCUT2D eigenvalue weighted by Gasteiger charge is 2.30. The van der Waals surface area contributed by atoms with Crippen LogP contribution < -0.4 is 5.32 Å². The Morgan fingerprint density at radius 2 is 1.95 bits per heavy atom. The fraction of sp³-hybridized carbons (Fsp3) is 0.214. The van der Waals surface area contributed by atoms with Gasteiger partial charge in [-0.25, -0.2) is 14.8 Å². The molecule has 0 spiro atoms. The van der Waals surface area contributed by atoms with Crippen molar-refractivity contribution >= 4 is 17.6 Å². The van der Waals surface area contributed by atoms with Crippen LogP contribution in [0.1, 0.15) is 21.7 Å². The highest BCUT2D eigenvalue weighted by molar-refractivity contribution is 5.87. The largest absolute Gasteiger partial charge is 0.464 e. The summed E-state index contributed by atoms with van der Waals surface area (Å²) in [6.07, 6.45) is -4.44. The Morgan fingerprint density at radius 1 is 1.23 bits per heavy atom. The highest BCUT2D eigenvalue weighted by Crippen LogP contribution is 2.31. The maximum atomic E-state index is 12.7. The van der Waals surface area contributed by atoms with Crippen LogP contribution in [0.4, 0.5) is 24.8 Å². The first-order chi connectivity index (χ1) is 10.3. The number of nitrogens with zero attached hydrogens (tertiary/aromatic N) is 2. The van der Waals surface area contributed by atoms with Crippen molar-refractivity contribution in [1.82, 2.24) is 9.97 Å². The maximum absolute atomic E-state index is 12.7. The van der Waals surface area contributed by atoms with Gasteiger partial charge in [-0.2, -0.15) is 13.2 Å². The SMILES string of the molecule is COC(=O)c1cc(C)nc(Nc2cccc(C(F)(F)F)c2)n1. The van der Waals surface area contributed by atoms with Gasteiger partial charge in [0.1, 0.15) is 0 Å². The summed E-state index contributed by atoms with van der Waals surface area (Å²) in [6.45, 7) is 1.63. The average Bonchev–Trinajstić information content (AvgIpc) is 2.45. The van der Waals surface area contributed by atoms with Gasteiger partial charge < -0.3 is 10.1 Å². The molecule has 0 atom stereocenters. The van der Waals surface area contributed by atoms with E-state index >= 15 is 0 Å². The van der Waals surface area contributed by atoms with E-state index in [0.717, 1.165) is 12.1 Å². The van der Waals surface area contributed by atoms with Gasteiger partial charge in [-0.3, -0.25) is 0 Å². The Kier molecular flexibility index (Phi) is 4.30. The molecule has 0 radical (unpaired) electrons. The Bertz CT molecular complexity index is 702. The number of hydrogen-bond acceptors (Lipinski definition) is 5. The van der Waals surface area contributed by atoms with Crippen LogP contribution in [0.25, 0.3) is 0 Å². The molecule has 2 aromatic rings. The first-order valence-corrected chi connectivity index (χ1v) is 6.18. The maximum Gasteiger partial charge on any atom is 0.416 e. The molecule has 1 heterocycles. The van der Waals surface area contributed by atoms with E-state index in [1.165, 1.54) is 25.3 Å². The van der Waals surface area contributed by atoms with E-state index < -0.39 is 17.7 Å². The van der Waals surface area contributed by atoms with Crippen molar-refractivity contribution in [3.63, 3.8) is 0 Å². The first kappa shape index (κ1) is 15.7. The summed E-state index contributed by atoms with van der Waals surface area (Å²) in [5, 5.41) is 2.65. The zero-order valence-electron chi connectivity index (χ0n) is 11.7. The summed E-state index contributed by atoms with van der Waals surface area (Å²) < 4.78 is 42.6. The molecule has 0 aliphatic heterocycles. The summed E-state index contributed by atoms with van der Waals surface area (Å²) in [5.74, 6) is -0.641. The molecule has 2 rings (SSSR count). The molecule has 116 valence electrons. The number of alkyl halides is 3. The highest BCUT2D eigenvalue weighted by atomic mass is 19.4. The van der Waals surface area contributed by atoms with Gasteiger partial charge in [0.25, 0.3) is 0 Å². The fourth-order valence-corrected chi connectivity index (χ4v) is 1.74. The number of esters is 1. The van der Waals surface area contributed by atoms with E-state index in [1.54, 1.807) is 6.92 Å². The number of carbonyl (C=O) groups excluding carboxylic acids is 1. The second-order valence-corrected chi connectivity index (χ2v) is 4.41. The molecule has 0 aliphatic carbocycles. The van der Waals surface area contributed by atoms with Crippen LogP contribution in [-0.2, 0) is 10.9 Å². The van der Waals surface area contributed by atoms with Gasteiger partial charge in [-0.1, -0.05) is 6.07 Å². The molecule has 0 bridgehead atoms. The fourth-order valence-electron chi connectivity index (χ4n) is 1.74. The summed E-state index contributed by atoms with van der Waals surface area (Å²) in [4.78, 5) is 19.4. The smallest absolute Gasteiger partial charge is 0.416 e. The number of nitrogens with one attached hydrogen (secondary N) is 1. The second-order valence-electron chi connectivity index (χ2n) is 4.41. The third-order valence-electron chi connectivity index (χ3n) is 2.69. The molecule has 0 saturated heterocycles. The number of carbonyl (C=O) groups is 1. The molecule has 0 fully saturated rings. The lowest BCUT2D eigenvalue weighted by atomic mass is 10.2. The number of benzene rings is 1. The molecular weight excluding hydrogens is 299 g/mol. The average molecular weight is 311 g/mol. The van der Waals surface area contributed by atoms with Crippen LogP contribution in [0, 0.1) is 6.92 Å². The van der Waals surface area contributed by atoms with Gasteiger partial charge in [0.2, 0.25) is 5.95 Å². The van der Waals surface area contributed by atoms with Crippen LogP contribution in [-0.4, -0.2) is 23.0 Å².